The first kappa shape index (κ1) is 21.7. The summed E-state index contributed by atoms with van der Waals surface area (Å²) in [5.41, 5.74) is 1.82. The maximum atomic E-state index is 11.8. The van der Waals surface area contributed by atoms with Crippen molar-refractivity contribution in [2.24, 2.45) is 0 Å². The summed E-state index contributed by atoms with van der Waals surface area (Å²) < 4.78 is 16.0. The van der Waals surface area contributed by atoms with Crippen molar-refractivity contribution < 1.29 is 19.3 Å². The standard InChI is InChI=1S/C27H27NO4/c1-5-27(29,20-8-12-22(31-3)13-9-20)25-17-19-16-23(32-4)14-15-24(19)26(28-25)18-6-10-21(30-2)11-7-18/h6-17,29H,5H2,1-4H3. The van der Waals surface area contributed by atoms with E-state index in [1.54, 1.807) is 21.3 Å². The molecule has 1 heterocycles. The molecule has 1 aromatic heterocycles. The molecule has 0 aliphatic heterocycles. The van der Waals surface area contributed by atoms with E-state index < -0.39 is 5.60 Å². The zero-order valence-electron chi connectivity index (χ0n) is 18.8. The Hall–Kier alpha value is -3.57. The van der Waals surface area contributed by atoms with Gasteiger partial charge in [0.2, 0.25) is 0 Å². The number of hydrogen-bond donors (Lipinski definition) is 1. The van der Waals surface area contributed by atoms with Crippen LogP contribution in [0.5, 0.6) is 17.2 Å². The molecule has 3 aromatic carbocycles. The van der Waals surface area contributed by atoms with Gasteiger partial charge in [0, 0.05) is 10.9 Å². The molecule has 0 spiro atoms. The third kappa shape index (κ3) is 3.87. The van der Waals surface area contributed by atoms with Gasteiger partial charge in [0.15, 0.2) is 0 Å². The first-order valence-electron chi connectivity index (χ1n) is 10.5. The molecule has 4 aromatic rings. The van der Waals surface area contributed by atoms with Gasteiger partial charge >= 0.3 is 0 Å². The fraction of sp³-hybridized carbons (Fsp3) is 0.222. The highest BCUT2D eigenvalue weighted by molar-refractivity contribution is 5.96. The molecule has 0 aliphatic rings. The van der Waals surface area contributed by atoms with E-state index in [2.05, 4.69) is 0 Å². The molecule has 1 N–H and O–H groups in total. The first-order valence-corrected chi connectivity index (χ1v) is 10.5. The van der Waals surface area contributed by atoms with Gasteiger partial charge in [0.1, 0.15) is 22.8 Å². The van der Waals surface area contributed by atoms with Gasteiger partial charge in [-0.2, -0.15) is 0 Å². The lowest BCUT2D eigenvalue weighted by atomic mass is 9.86. The van der Waals surface area contributed by atoms with Crippen molar-refractivity contribution in [3.8, 4) is 28.5 Å². The molecular formula is C27H27NO4. The van der Waals surface area contributed by atoms with Gasteiger partial charge in [-0.3, -0.25) is 0 Å². The molecule has 32 heavy (non-hydrogen) atoms. The Morgan fingerprint density at radius 2 is 1.31 bits per heavy atom. The second kappa shape index (κ2) is 8.89. The quantitative estimate of drug-likeness (QED) is 0.416. The Kier molecular flexibility index (Phi) is 6.01. The highest BCUT2D eigenvalue weighted by Crippen LogP contribution is 2.38. The van der Waals surface area contributed by atoms with Gasteiger partial charge in [-0.05, 0) is 78.0 Å². The van der Waals surface area contributed by atoms with Crippen molar-refractivity contribution in [1.82, 2.24) is 4.98 Å². The zero-order chi connectivity index (χ0) is 22.7. The number of fused-ring (bicyclic) bond motifs is 1. The zero-order valence-corrected chi connectivity index (χ0v) is 18.8. The van der Waals surface area contributed by atoms with E-state index in [0.717, 1.165) is 44.8 Å². The van der Waals surface area contributed by atoms with Crippen LogP contribution >= 0.6 is 0 Å². The summed E-state index contributed by atoms with van der Waals surface area (Å²) in [7, 11) is 4.92. The Morgan fingerprint density at radius 3 is 1.88 bits per heavy atom. The molecule has 5 heteroatoms. The fourth-order valence-electron chi connectivity index (χ4n) is 3.94. The van der Waals surface area contributed by atoms with Gasteiger partial charge < -0.3 is 19.3 Å². The minimum absolute atomic E-state index is 0.462. The van der Waals surface area contributed by atoms with Crippen molar-refractivity contribution in [3.05, 3.63) is 84.1 Å². The van der Waals surface area contributed by atoms with Crippen molar-refractivity contribution in [3.63, 3.8) is 0 Å². The number of nitrogens with zero attached hydrogens (tertiary/aromatic N) is 1. The second-order valence-electron chi connectivity index (χ2n) is 7.61. The molecule has 1 unspecified atom stereocenters. The molecule has 4 rings (SSSR count). The van der Waals surface area contributed by atoms with Crippen LogP contribution in [0.4, 0.5) is 0 Å². The highest BCUT2D eigenvalue weighted by atomic mass is 16.5. The first-order chi connectivity index (χ1) is 15.5. The fourth-order valence-corrected chi connectivity index (χ4v) is 3.94. The van der Waals surface area contributed by atoms with Gasteiger partial charge in [-0.15, -0.1) is 0 Å². The number of ether oxygens (including phenoxy) is 3. The van der Waals surface area contributed by atoms with E-state index in [0.29, 0.717) is 12.1 Å². The second-order valence-corrected chi connectivity index (χ2v) is 7.61. The summed E-state index contributed by atoms with van der Waals surface area (Å²) in [6.07, 6.45) is 0.462. The third-order valence-electron chi connectivity index (χ3n) is 5.90. The van der Waals surface area contributed by atoms with Crippen LogP contribution in [0.3, 0.4) is 0 Å². The lowest BCUT2D eigenvalue weighted by Crippen LogP contribution is -2.27. The van der Waals surface area contributed by atoms with E-state index >= 15 is 0 Å². The lowest BCUT2D eigenvalue weighted by molar-refractivity contribution is 0.0721. The molecule has 164 valence electrons. The Bertz CT molecular complexity index is 1220. The topological polar surface area (TPSA) is 60.8 Å². The van der Waals surface area contributed by atoms with Crippen LogP contribution in [0.2, 0.25) is 0 Å². The predicted octanol–water partition coefficient (Wildman–Crippen LogP) is 5.57. The van der Waals surface area contributed by atoms with E-state index in [-0.39, 0.29) is 0 Å². The molecule has 0 radical (unpaired) electrons. The van der Waals surface area contributed by atoms with Crippen molar-refractivity contribution >= 4 is 10.8 Å². The maximum absolute atomic E-state index is 11.8. The Balaban J connectivity index is 1.94. The average molecular weight is 430 g/mol. The average Bonchev–Trinajstić information content (AvgIpc) is 2.87. The van der Waals surface area contributed by atoms with E-state index in [1.807, 2.05) is 79.7 Å². The van der Waals surface area contributed by atoms with E-state index in [4.69, 9.17) is 19.2 Å². The van der Waals surface area contributed by atoms with Crippen LogP contribution in [-0.2, 0) is 5.60 Å². The summed E-state index contributed by atoms with van der Waals surface area (Å²) >= 11 is 0. The van der Waals surface area contributed by atoms with Gasteiger partial charge in [-0.25, -0.2) is 4.98 Å². The molecular weight excluding hydrogens is 402 g/mol. The SMILES string of the molecule is CCC(O)(c1ccc(OC)cc1)c1cc2cc(OC)ccc2c(-c2ccc(OC)cc2)n1. The van der Waals surface area contributed by atoms with Crippen LogP contribution in [0.25, 0.3) is 22.0 Å². The monoisotopic (exact) mass is 429 g/mol. The lowest BCUT2D eigenvalue weighted by Gasteiger charge is -2.28. The molecule has 1 atom stereocenters. The summed E-state index contributed by atoms with van der Waals surface area (Å²) in [5, 5.41) is 13.7. The highest BCUT2D eigenvalue weighted by Gasteiger charge is 2.32. The van der Waals surface area contributed by atoms with Crippen LogP contribution in [0, 0.1) is 0 Å². The predicted molar refractivity (Wildman–Crippen MR) is 127 cm³/mol. The number of aliphatic hydroxyl groups is 1. The Labute approximate surface area is 188 Å². The van der Waals surface area contributed by atoms with Crippen LogP contribution in [-0.4, -0.2) is 31.4 Å². The largest absolute Gasteiger partial charge is 0.497 e. The number of hydrogen-bond acceptors (Lipinski definition) is 5. The third-order valence-corrected chi connectivity index (χ3v) is 5.90. The number of pyridine rings is 1. The molecule has 0 bridgehead atoms. The molecule has 0 aliphatic carbocycles. The van der Waals surface area contributed by atoms with Crippen LogP contribution in [0.15, 0.2) is 72.8 Å². The van der Waals surface area contributed by atoms with E-state index in [1.165, 1.54) is 0 Å². The number of benzene rings is 3. The van der Waals surface area contributed by atoms with Gasteiger partial charge in [0.25, 0.3) is 0 Å². The van der Waals surface area contributed by atoms with Gasteiger partial charge in [0.05, 0.1) is 32.7 Å². The van der Waals surface area contributed by atoms with Crippen molar-refractivity contribution in [2.45, 2.75) is 18.9 Å². The number of methoxy groups -OCH3 is 3. The number of aromatic nitrogens is 1. The van der Waals surface area contributed by atoms with Crippen LogP contribution in [0.1, 0.15) is 24.6 Å². The minimum Gasteiger partial charge on any atom is -0.497 e. The maximum Gasteiger partial charge on any atom is 0.131 e. The normalized spacial score (nSPS) is 12.9. The van der Waals surface area contributed by atoms with Crippen LogP contribution < -0.4 is 14.2 Å². The summed E-state index contributed by atoms with van der Waals surface area (Å²) in [5.74, 6) is 2.27. The van der Waals surface area contributed by atoms with Crippen molar-refractivity contribution in [1.29, 1.82) is 0 Å². The minimum atomic E-state index is -1.26. The molecule has 5 nitrogen and oxygen atoms in total. The smallest absolute Gasteiger partial charge is 0.131 e. The summed E-state index contributed by atoms with van der Waals surface area (Å²) in [4.78, 5) is 4.98. The summed E-state index contributed by atoms with van der Waals surface area (Å²) in [6, 6.07) is 23.1. The Morgan fingerprint density at radius 1 is 0.750 bits per heavy atom. The molecule has 0 saturated heterocycles. The molecule has 0 fully saturated rings. The molecule has 0 amide bonds. The van der Waals surface area contributed by atoms with Crippen molar-refractivity contribution in [2.75, 3.05) is 21.3 Å². The number of rotatable bonds is 7. The van der Waals surface area contributed by atoms with E-state index in [9.17, 15) is 5.11 Å². The molecule has 0 saturated carbocycles. The summed E-state index contributed by atoms with van der Waals surface area (Å²) in [6.45, 7) is 1.95. The van der Waals surface area contributed by atoms with Gasteiger partial charge in [-0.1, -0.05) is 19.1 Å².